The molecule has 3 nitrogen and oxygen atoms in total. The maximum atomic E-state index is 10.4. The number of aliphatic carboxylic acids is 1. The van der Waals surface area contributed by atoms with E-state index in [0.717, 1.165) is 11.4 Å². The van der Waals surface area contributed by atoms with E-state index in [0.29, 0.717) is 0 Å². The van der Waals surface area contributed by atoms with Crippen molar-refractivity contribution in [3.05, 3.63) is 16.6 Å². The van der Waals surface area contributed by atoms with E-state index in [1.54, 1.807) is 17.5 Å². The van der Waals surface area contributed by atoms with Gasteiger partial charge >= 0.3 is 5.97 Å². The predicted octanol–water partition coefficient (Wildman–Crippen LogP) is 1.33. The number of carbonyl (C=O) groups is 1. The van der Waals surface area contributed by atoms with Crippen molar-refractivity contribution in [2.24, 2.45) is 5.92 Å². The first-order valence-electron chi connectivity index (χ1n) is 3.41. The molecule has 0 aliphatic heterocycles. The second kappa shape index (κ2) is 2.30. The van der Waals surface area contributed by atoms with Crippen LogP contribution in [0.5, 0.6) is 0 Å². The van der Waals surface area contributed by atoms with Crippen LogP contribution in [0.15, 0.2) is 11.6 Å². The molecule has 11 heavy (non-hydrogen) atoms. The van der Waals surface area contributed by atoms with Crippen molar-refractivity contribution in [2.45, 2.75) is 12.3 Å². The molecule has 4 heteroatoms. The summed E-state index contributed by atoms with van der Waals surface area (Å²) in [5.41, 5.74) is 0. The number of hydrogen-bond acceptors (Lipinski definition) is 3. The Morgan fingerprint density at radius 3 is 3.09 bits per heavy atom. The van der Waals surface area contributed by atoms with E-state index < -0.39 is 5.97 Å². The van der Waals surface area contributed by atoms with Crippen LogP contribution in [0.4, 0.5) is 0 Å². The third-order valence-corrected chi connectivity index (χ3v) is 2.78. The lowest BCUT2D eigenvalue weighted by Crippen LogP contribution is -1.98. The molecule has 2 atom stereocenters. The molecule has 0 amide bonds. The van der Waals surface area contributed by atoms with Crippen molar-refractivity contribution in [3.8, 4) is 0 Å². The number of hydrogen-bond donors (Lipinski definition) is 1. The molecule has 2 rings (SSSR count). The molecule has 1 aromatic heterocycles. The van der Waals surface area contributed by atoms with Crippen molar-refractivity contribution >= 4 is 17.3 Å². The topological polar surface area (TPSA) is 50.2 Å². The first-order chi connectivity index (χ1) is 5.29. The Labute approximate surface area is 67.7 Å². The zero-order valence-electron chi connectivity index (χ0n) is 5.73. The summed E-state index contributed by atoms with van der Waals surface area (Å²) >= 11 is 1.54. The average molecular weight is 169 g/mol. The van der Waals surface area contributed by atoms with Gasteiger partial charge in [-0.05, 0) is 6.42 Å². The Bertz CT molecular complexity index is 270. The molecule has 0 radical (unpaired) electrons. The van der Waals surface area contributed by atoms with Crippen LogP contribution in [0.25, 0.3) is 0 Å². The van der Waals surface area contributed by atoms with E-state index >= 15 is 0 Å². The fourth-order valence-corrected chi connectivity index (χ4v) is 1.98. The number of rotatable bonds is 2. The van der Waals surface area contributed by atoms with Crippen LogP contribution in [-0.2, 0) is 4.79 Å². The maximum absolute atomic E-state index is 10.4. The Balaban J connectivity index is 2.08. The Hall–Kier alpha value is -0.900. The number of carboxylic acid groups (broad SMARTS) is 1. The molecule has 1 aromatic rings. The van der Waals surface area contributed by atoms with E-state index in [1.807, 2.05) is 5.38 Å². The largest absolute Gasteiger partial charge is 0.481 e. The fourth-order valence-electron chi connectivity index (χ4n) is 1.16. The van der Waals surface area contributed by atoms with Crippen LogP contribution in [0.2, 0.25) is 0 Å². The summed E-state index contributed by atoms with van der Waals surface area (Å²) < 4.78 is 0. The molecule has 1 heterocycles. The molecule has 1 N–H and O–H groups in total. The molecule has 1 saturated carbocycles. The summed E-state index contributed by atoms with van der Waals surface area (Å²) in [4.78, 5) is 14.5. The van der Waals surface area contributed by atoms with E-state index in [2.05, 4.69) is 4.98 Å². The van der Waals surface area contributed by atoms with Gasteiger partial charge in [-0.1, -0.05) is 0 Å². The Morgan fingerprint density at radius 1 is 1.82 bits per heavy atom. The van der Waals surface area contributed by atoms with Gasteiger partial charge < -0.3 is 5.11 Å². The van der Waals surface area contributed by atoms with Gasteiger partial charge in [0.05, 0.1) is 10.9 Å². The lowest BCUT2D eigenvalue weighted by molar-refractivity contribution is -0.138. The normalized spacial score (nSPS) is 28.4. The zero-order valence-corrected chi connectivity index (χ0v) is 6.54. The monoisotopic (exact) mass is 169 g/mol. The van der Waals surface area contributed by atoms with E-state index in [1.165, 1.54) is 0 Å². The summed E-state index contributed by atoms with van der Waals surface area (Å²) in [5, 5.41) is 11.5. The van der Waals surface area contributed by atoms with E-state index in [-0.39, 0.29) is 11.8 Å². The molecular weight excluding hydrogens is 162 g/mol. The Kier molecular flexibility index (Phi) is 1.42. The minimum absolute atomic E-state index is 0.166. The summed E-state index contributed by atoms with van der Waals surface area (Å²) in [6.07, 6.45) is 2.49. The van der Waals surface area contributed by atoms with Gasteiger partial charge in [-0.2, -0.15) is 0 Å². The van der Waals surface area contributed by atoms with Crippen molar-refractivity contribution in [3.63, 3.8) is 0 Å². The third-order valence-electron chi connectivity index (χ3n) is 1.88. The summed E-state index contributed by atoms with van der Waals surface area (Å²) in [6, 6.07) is 0. The van der Waals surface area contributed by atoms with Crippen molar-refractivity contribution < 1.29 is 9.90 Å². The van der Waals surface area contributed by atoms with Gasteiger partial charge in [-0.25, -0.2) is 4.98 Å². The molecule has 1 aliphatic rings. The van der Waals surface area contributed by atoms with Gasteiger partial charge in [0.25, 0.3) is 0 Å². The lowest BCUT2D eigenvalue weighted by atomic mass is 10.3. The van der Waals surface area contributed by atoms with E-state index in [9.17, 15) is 4.79 Å². The number of carboxylic acids is 1. The van der Waals surface area contributed by atoms with Gasteiger partial charge in [0.15, 0.2) is 0 Å². The van der Waals surface area contributed by atoms with Gasteiger partial charge in [-0.15, -0.1) is 11.3 Å². The van der Waals surface area contributed by atoms with E-state index in [4.69, 9.17) is 5.11 Å². The maximum Gasteiger partial charge on any atom is 0.307 e. The van der Waals surface area contributed by atoms with Crippen LogP contribution >= 0.6 is 11.3 Å². The molecule has 1 aliphatic carbocycles. The van der Waals surface area contributed by atoms with Crippen LogP contribution in [0.1, 0.15) is 17.3 Å². The van der Waals surface area contributed by atoms with Crippen molar-refractivity contribution in [1.82, 2.24) is 4.98 Å². The first-order valence-corrected chi connectivity index (χ1v) is 4.29. The SMILES string of the molecule is O=C(O)C1CC1c1nccs1. The van der Waals surface area contributed by atoms with Crippen molar-refractivity contribution in [2.75, 3.05) is 0 Å². The zero-order chi connectivity index (χ0) is 7.84. The third kappa shape index (κ3) is 1.14. The van der Waals surface area contributed by atoms with Gasteiger partial charge in [0.1, 0.15) is 0 Å². The fraction of sp³-hybridized carbons (Fsp3) is 0.429. The second-order valence-electron chi connectivity index (χ2n) is 2.66. The van der Waals surface area contributed by atoms with Crippen LogP contribution in [-0.4, -0.2) is 16.1 Å². The number of thiazole rings is 1. The van der Waals surface area contributed by atoms with Gasteiger partial charge in [0.2, 0.25) is 0 Å². The smallest absolute Gasteiger partial charge is 0.307 e. The van der Waals surface area contributed by atoms with Crippen LogP contribution < -0.4 is 0 Å². The minimum atomic E-state index is -0.690. The molecule has 0 aromatic carbocycles. The number of nitrogens with zero attached hydrogens (tertiary/aromatic N) is 1. The highest BCUT2D eigenvalue weighted by Gasteiger charge is 2.45. The standard InChI is InChI=1S/C7H7NO2S/c9-7(10)5-3-4(5)6-8-1-2-11-6/h1-2,4-5H,3H2,(H,9,10). The second-order valence-corrected chi connectivity index (χ2v) is 3.58. The van der Waals surface area contributed by atoms with Gasteiger partial charge in [0, 0.05) is 17.5 Å². The average Bonchev–Trinajstić information content (AvgIpc) is 2.60. The molecule has 0 saturated heterocycles. The summed E-state index contributed by atoms with van der Waals surface area (Å²) in [7, 11) is 0. The Morgan fingerprint density at radius 2 is 2.64 bits per heavy atom. The predicted molar refractivity (Wildman–Crippen MR) is 40.6 cm³/mol. The quantitative estimate of drug-likeness (QED) is 0.726. The lowest BCUT2D eigenvalue weighted by Gasteiger charge is -1.87. The minimum Gasteiger partial charge on any atom is -0.481 e. The van der Waals surface area contributed by atoms with Gasteiger partial charge in [-0.3, -0.25) is 4.79 Å². The van der Waals surface area contributed by atoms with Crippen molar-refractivity contribution in [1.29, 1.82) is 0 Å². The summed E-state index contributed by atoms with van der Waals surface area (Å²) in [5.74, 6) is -0.654. The van der Waals surface area contributed by atoms with Crippen LogP contribution in [0, 0.1) is 5.92 Å². The molecular formula is C7H7NO2S. The highest BCUT2D eigenvalue weighted by atomic mass is 32.1. The highest BCUT2D eigenvalue weighted by Crippen LogP contribution is 2.47. The number of aromatic nitrogens is 1. The molecule has 0 bridgehead atoms. The molecule has 0 spiro atoms. The molecule has 2 unspecified atom stereocenters. The van der Waals surface area contributed by atoms with Crippen LogP contribution in [0.3, 0.4) is 0 Å². The molecule has 58 valence electrons. The molecule has 1 fully saturated rings. The highest BCUT2D eigenvalue weighted by molar-refractivity contribution is 7.09. The summed E-state index contributed by atoms with van der Waals surface area (Å²) in [6.45, 7) is 0. The first kappa shape index (κ1) is 6.79.